The van der Waals surface area contributed by atoms with E-state index in [0.717, 1.165) is 36.5 Å². The number of aromatic hydroxyl groups is 1. The second-order valence-electron chi connectivity index (χ2n) is 8.99. The van der Waals surface area contributed by atoms with Gasteiger partial charge in [-0.1, -0.05) is 24.3 Å². The smallest absolute Gasteiger partial charge is 0.223 e. The summed E-state index contributed by atoms with van der Waals surface area (Å²) in [6.07, 6.45) is 4.02. The minimum Gasteiger partial charge on any atom is -0.507 e. The number of piperazine rings is 1. The zero-order chi connectivity index (χ0) is 24.1. The summed E-state index contributed by atoms with van der Waals surface area (Å²) in [7, 11) is -1.20. The molecule has 1 saturated heterocycles. The van der Waals surface area contributed by atoms with Gasteiger partial charge < -0.3 is 15.7 Å². The quantitative estimate of drug-likeness (QED) is 0.456. The molecule has 34 heavy (non-hydrogen) atoms. The highest BCUT2D eigenvalue weighted by Crippen LogP contribution is 2.23. The third-order valence-electron chi connectivity index (χ3n) is 6.19. The Morgan fingerprint density at radius 2 is 2.03 bits per heavy atom. The molecule has 0 amide bonds. The van der Waals surface area contributed by atoms with Crippen LogP contribution >= 0.6 is 0 Å². The molecule has 2 heterocycles. The van der Waals surface area contributed by atoms with Crippen LogP contribution in [0.15, 0.2) is 59.6 Å². The molecule has 1 aliphatic rings. The highest BCUT2D eigenvalue weighted by atomic mass is 32.2. The lowest BCUT2D eigenvalue weighted by Gasteiger charge is -2.37. The van der Waals surface area contributed by atoms with E-state index in [1.165, 1.54) is 5.56 Å². The van der Waals surface area contributed by atoms with Crippen molar-refractivity contribution in [1.29, 1.82) is 0 Å². The van der Waals surface area contributed by atoms with Crippen LogP contribution in [0.4, 0.5) is 5.95 Å². The molecule has 0 radical (unpaired) electrons. The van der Waals surface area contributed by atoms with Crippen molar-refractivity contribution in [2.45, 2.75) is 43.8 Å². The fourth-order valence-corrected chi connectivity index (χ4v) is 4.88. The largest absolute Gasteiger partial charge is 0.507 e. The Kier molecular flexibility index (Phi) is 7.92. The van der Waals surface area contributed by atoms with Gasteiger partial charge in [0.25, 0.3) is 0 Å². The Balaban J connectivity index is 1.39. The van der Waals surface area contributed by atoms with Crippen molar-refractivity contribution in [3.8, 4) is 17.0 Å². The number of aromatic nitrogens is 2. The van der Waals surface area contributed by atoms with Crippen molar-refractivity contribution in [2.24, 2.45) is 0 Å². The molecule has 1 aliphatic heterocycles. The average Bonchev–Trinajstić information content (AvgIpc) is 2.82. The van der Waals surface area contributed by atoms with Gasteiger partial charge in [0.05, 0.1) is 21.4 Å². The minimum atomic E-state index is -1.20. The molecule has 2 unspecified atom stereocenters. The van der Waals surface area contributed by atoms with Crippen molar-refractivity contribution < 1.29 is 9.32 Å². The summed E-state index contributed by atoms with van der Waals surface area (Å²) >= 11 is 0. The molecule has 0 spiro atoms. The molecule has 4 rings (SSSR count). The van der Waals surface area contributed by atoms with Gasteiger partial charge in [0, 0.05) is 56.3 Å². The van der Waals surface area contributed by atoms with Gasteiger partial charge in [0.2, 0.25) is 5.95 Å². The zero-order valence-corrected chi connectivity index (χ0v) is 20.8. The van der Waals surface area contributed by atoms with Gasteiger partial charge in [0.1, 0.15) is 5.75 Å². The maximum Gasteiger partial charge on any atom is 0.223 e. The Bertz CT molecular complexity index is 1160. The molecular weight excluding hydrogens is 446 g/mol. The number of hydrogen-bond acceptors (Lipinski definition) is 7. The van der Waals surface area contributed by atoms with Crippen molar-refractivity contribution in [3.05, 3.63) is 65.9 Å². The van der Waals surface area contributed by atoms with E-state index in [1.807, 2.05) is 12.1 Å². The predicted molar refractivity (Wildman–Crippen MR) is 137 cm³/mol. The number of phenolic OH excluding ortho intramolecular Hbond substituents is 1. The summed E-state index contributed by atoms with van der Waals surface area (Å²) in [5, 5.41) is 16.9. The van der Waals surface area contributed by atoms with Gasteiger partial charge in [-0.3, -0.25) is 9.11 Å². The van der Waals surface area contributed by atoms with Gasteiger partial charge in [0.15, 0.2) is 0 Å². The summed E-state index contributed by atoms with van der Waals surface area (Å²) in [6.45, 7) is 8.11. The van der Waals surface area contributed by atoms with Crippen LogP contribution in [0.3, 0.4) is 0 Å². The Morgan fingerprint density at radius 1 is 1.18 bits per heavy atom. The molecule has 0 aliphatic carbocycles. The van der Waals surface area contributed by atoms with Gasteiger partial charge in [-0.2, -0.15) is 0 Å². The van der Waals surface area contributed by atoms with Crippen LogP contribution in [0.2, 0.25) is 0 Å². The lowest BCUT2D eigenvalue weighted by atomic mass is 10.1. The van der Waals surface area contributed by atoms with Crippen LogP contribution in [-0.2, 0) is 23.8 Å². The van der Waals surface area contributed by atoms with Crippen molar-refractivity contribution in [3.63, 3.8) is 0 Å². The monoisotopic (exact) mass is 479 g/mol. The first-order chi connectivity index (χ1) is 16.4. The Morgan fingerprint density at radius 3 is 2.82 bits per heavy atom. The predicted octanol–water partition coefficient (Wildman–Crippen LogP) is 3.42. The summed E-state index contributed by atoms with van der Waals surface area (Å²) in [5.41, 5.74) is 4.20. The van der Waals surface area contributed by atoms with Gasteiger partial charge in [-0.15, -0.1) is 0 Å². The van der Waals surface area contributed by atoms with E-state index in [4.69, 9.17) is 4.98 Å². The van der Waals surface area contributed by atoms with E-state index in [-0.39, 0.29) is 5.75 Å². The van der Waals surface area contributed by atoms with E-state index < -0.39 is 10.8 Å². The zero-order valence-electron chi connectivity index (χ0n) is 20.0. The van der Waals surface area contributed by atoms with E-state index in [1.54, 1.807) is 24.6 Å². The summed E-state index contributed by atoms with van der Waals surface area (Å²) in [6, 6.07) is 16.8. The molecule has 3 aromatic rings. The molecule has 7 nitrogen and oxygen atoms in total. The molecular formula is C26H33N5O2S. The van der Waals surface area contributed by atoms with E-state index in [9.17, 15) is 9.32 Å². The first kappa shape index (κ1) is 24.3. The maximum atomic E-state index is 11.6. The van der Waals surface area contributed by atoms with Gasteiger partial charge in [-0.25, -0.2) is 9.97 Å². The molecule has 1 aromatic heterocycles. The fraction of sp³-hybridized carbons (Fsp3) is 0.385. The summed E-state index contributed by atoms with van der Waals surface area (Å²) in [4.78, 5) is 12.0. The number of phenols is 1. The summed E-state index contributed by atoms with van der Waals surface area (Å²) < 4.78 is 11.6. The van der Waals surface area contributed by atoms with Crippen molar-refractivity contribution in [2.75, 3.05) is 31.2 Å². The SMILES string of the molecule is CC1CN[C@@H](C)CN1Cc1cccc(-c2ccnc(NCCc3ccc(S(C)=O)c(O)c3)n2)c1. The second-order valence-corrected chi connectivity index (χ2v) is 10.3. The number of anilines is 1. The molecule has 3 atom stereocenters. The molecule has 2 aromatic carbocycles. The fourth-order valence-electron chi connectivity index (χ4n) is 4.27. The lowest BCUT2D eigenvalue weighted by Crippen LogP contribution is -2.53. The van der Waals surface area contributed by atoms with Crippen LogP contribution in [0, 0.1) is 0 Å². The third kappa shape index (κ3) is 6.20. The van der Waals surface area contributed by atoms with Crippen LogP contribution in [0.25, 0.3) is 11.3 Å². The van der Waals surface area contributed by atoms with Crippen molar-refractivity contribution >= 4 is 16.7 Å². The summed E-state index contributed by atoms with van der Waals surface area (Å²) in [5.74, 6) is 0.643. The lowest BCUT2D eigenvalue weighted by molar-refractivity contribution is 0.139. The van der Waals surface area contributed by atoms with Crippen LogP contribution in [0.5, 0.6) is 5.75 Å². The molecule has 3 N–H and O–H groups in total. The average molecular weight is 480 g/mol. The molecule has 8 heteroatoms. The number of benzene rings is 2. The first-order valence-electron chi connectivity index (χ1n) is 11.7. The van der Waals surface area contributed by atoms with E-state index >= 15 is 0 Å². The van der Waals surface area contributed by atoms with Gasteiger partial charge >= 0.3 is 0 Å². The normalized spacial score (nSPS) is 19.6. The highest BCUT2D eigenvalue weighted by molar-refractivity contribution is 7.84. The Hall–Kier alpha value is -2.81. The van der Waals surface area contributed by atoms with Crippen molar-refractivity contribution in [1.82, 2.24) is 20.2 Å². The number of nitrogens with one attached hydrogen (secondary N) is 2. The number of rotatable bonds is 8. The number of nitrogens with zero attached hydrogens (tertiary/aromatic N) is 3. The van der Waals surface area contributed by atoms with Crippen LogP contribution < -0.4 is 10.6 Å². The second kappa shape index (κ2) is 11.1. The number of hydrogen-bond donors (Lipinski definition) is 3. The minimum absolute atomic E-state index is 0.0705. The van der Waals surface area contributed by atoms with Crippen LogP contribution in [-0.4, -0.2) is 62.2 Å². The Labute approximate surface area is 204 Å². The third-order valence-corrected chi connectivity index (χ3v) is 7.15. The molecule has 180 valence electrons. The first-order valence-corrected chi connectivity index (χ1v) is 13.2. The van der Waals surface area contributed by atoms with E-state index in [2.05, 4.69) is 58.6 Å². The highest BCUT2D eigenvalue weighted by Gasteiger charge is 2.22. The molecule has 0 saturated carbocycles. The topological polar surface area (TPSA) is 90.4 Å². The van der Waals surface area contributed by atoms with Gasteiger partial charge in [-0.05, 0) is 55.7 Å². The standard InChI is InChI=1S/C26H33N5O2S/c1-18-16-31(19(2)15-29-18)17-21-5-4-6-22(13-21)23-10-12-28-26(30-23)27-11-9-20-7-8-25(34(3)33)24(32)14-20/h4-8,10,12-14,18-19,29,32H,9,11,15-17H2,1-3H3,(H,27,28,30)/t18-,19?,34?/m0/s1. The molecule has 0 bridgehead atoms. The van der Waals surface area contributed by atoms with E-state index in [0.29, 0.717) is 35.9 Å². The molecule has 1 fully saturated rings. The maximum absolute atomic E-state index is 11.6. The van der Waals surface area contributed by atoms with Crippen LogP contribution in [0.1, 0.15) is 25.0 Å².